The fraction of sp³-hybridized carbons (Fsp3) is 0.143. The van der Waals surface area contributed by atoms with Crippen molar-refractivity contribution in [1.82, 2.24) is 5.32 Å². The summed E-state index contributed by atoms with van der Waals surface area (Å²) < 4.78 is 5.39. The number of esters is 1. The Balaban J connectivity index is 1.48. The van der Waals surface area contributed by atoms with Crippen LogP contribution in [0.3, 0.4) is 0 Å². The normalized spacial score (nSPS) is 15.4. The summed E-state index contributed by atoms with van der Waals surface area (Å²) in [7, 11) is 0. The van der Waals surface area contributed by atoms with Gasteiger partial charge in [-0.25, -0.2) is 4.79 Å². The first-order chi connectivity index (χ1) is 13.4. The SMILES string of the molecule is Cc1sc2c(c1C)C(=O)N[C@@H](c1ccc(OC(=O)c3ccc(Cl)cc3)cc1)N2. The summed E-state index contributed by atoms with van der Waals surface area (Å²) >= 11 is 7.41. The first kappa shape index (κ1) is 18.5. The highest BCUT2D eigenvalue weighted by molar-refractivity contribution is 7.16. The zero-order valence-corrected chi connectivity index (χ0v) is 16.8. The van der Waals surface area contributed by atoms with E-state index in [1.165, 1.54) is 0 Å². The van der Waals surface area contributed by atoms with Gasteiger partial charge in [0.15, 0.2) is 0 Å². The largest absolute Gasteiger partial charge is 0.423 e. The number of carbonyl (C=O) groups is 2. The van der Waals surface area contributed by atoms with Gasteiger partial charge in [-0.3, -0.25) is 4.79 Å². The highest BCUT2D eigenvalue weighted by Gasteiger charge is 2.28. The van der Waals surface area contributed by atoms with E-state index in [1.54, 1.807) is 47.7 Å². The van der Waals surface area contributed by atoms with Gasteiger partial charge in [0.1, 0.15) is 16.9 Å². The van der Waals surface area contributed by atoms with E-state index in [0.29, 0.717) is 21.9 Å². The number of ether oxygens (including phenoxy) is 1. The Hall–Kier alpha value is -2.83. The molecule has 0 unspecified atom stereocenters. The Bertz CT molecular complexity index is 1060. The van der Waals surface area contributed by atoms with Gasteiger partial charge in [-0.15, -0.1) is 11.3 Å². The number of carbonyl (C=O) groups excluding carboxylic acids is 2. The van der Waals surface area contributed by atoms with Crippen LogP contribution in [-0.4, -0.2) is 11.9 Å². The summed E-state index contributed by atoms with van der Waals surface area (Å²) in [5.74, 6) is -0.115. The van der Waals surface area contributed by atoms with E-state index in [-0.39, 0.29) is 12.1 Å². The highest BCUT2D eigenvalue weighted by Crippen LogP contribution is 2.37. The van der Waals surface area contributed by atoms with Gasteiger partial charge in [0.25, 0.3) is 5.91 Å². The van der Waals surface area contributed by atoms with Gasteiger partial charge in [-0.1, -0.05) is 23.7 Å². The zero-order chi connectivity index (χ0) is 19.8. The van der Waals surface area contributed by atoms with Gasteiger partial charge in [0, 0.05) is 9.90 Å². The molecule has 0 fully saturated rings. The number of nitrogens with one attached hydrogen (secondary N) is 2. The van der Waals surface area contributed by atoms with Crippen molar-refractivity contribution >= 4 is 39.8 Å². The molecule has 1 amide bonds. The molecule has 0 aliphatic carbocycles. The third-order valence-corrected chi connectivity index (χ3v) is 6.06. The zero-order valence-electron chi connectivity index (χ0n) is 15.2. The summed E-state index contributed by atoms with van der Waals surface area (Å²) in [6.45, 7) is 3.96. The van der Waals surface area contributed by atoms with Gasteiger partial charge in [-0.2, -0.15) is 0 Å². The molecule has 7 heteroatoms. The van der Waals surface area contributed by atoms with Gasteiger partial charge in [0.2, 0.25) is 0 Å². The van der Waals surface area contributed by atoms with Crippen LogP contribution in [0.15, 0.2) is 48.5 Å². The first-order valence-electron chi connectivity index (χ1n) is 8.67. The van der Waals surface area contributed by atoms with Crippen molar-refractivity contribution in [1.29, 1.82) is 0 Å². The van der Waals surface area contributed by atoms with Gasteiger partial charge in [-0.05, 0) is 61.4 Å². The van der Waals surface area contributed by atoms with Crippen molar-refractivity contribution in [3.8, 4) is 5.75 Å². The Morgan fingerprint density at radius 3 is 2.39 bits per heavy atom. The van der Waals surface area contributed by atoms with Crippen molar-refractivity contribution in [3.63, 3.8) is 0 Å². The van der Waals surface area contributed by atoms with Crippen molar-refractivity contribution in [2.75, 3.05) is 5.32 Å². The lowest BCUT2D eigenvalue weighted by molar-refractivity contribution is 0.0734. The minimum Gasteiger partial charge on any atom is -0.423 e. The number of aryl methyl sites for hydroxylation is 1. The maximum atomic E-state index is 12.5. The van der Waals surface area contributed by atoms with Crippen molar-refractivity contribution in [3.05, 3.63) is 80.7 Å². The monoisotopic (exact) mass is 412 g/mol. The van der Waals surface area contributed by atoms with Crippen LogP contribution in [0.4, 0.5) is 5.00 Å². The van der Waals surface area contributed by atoms with Crippen LogP contribution in [0.5, 0.6) is 5.75 Å². The average Bonchev–Trinajstić information content (AvgIpc) is 2.97. The number of anilines is 1. The number of rotatable bonds is 3. The predicted molar refractivity (Wildman–Crippen MR) is 110 cm³/mol. The average molecular weight is 413 g/mol. The van der Waals surface area contributed by atoms with E-state index < -0.39 is 5.97 Å². The second kappa shape index (κ2) is 7.30. The predicted octanol–water partition coefficient (Wildman–Crippen LogP) is 5.09. The Kier molecular flexibility index (Phi) is 4.83. The lowest BCUT2D eigenvalue weighted by Crippen LogP contribution is -2.38. The van der Waals surface area contributed by atoms with Crippen molar-refractivity contribution in [2.24, 2.45) is 0 Å². The summed E-state index contributed by atoms with van der Waals surface area (Å²) in [4.78, 5) is 25.8. The molecule has 0 saturated carbocycles. The molecule has 2 N–H and O–H groups in total. The molecule has 0 radical (unpaired) electrons. The Morgan fingerprint density at radius 2 is 1.71 bits per heavy atom. The topological polar surface area (TPSA) is 67.4 Å². The summed E-state index contributed by atoms with van der Waals surface area (Å²) in [5, 5.41) is 7.77. The molecule has 142 valence electrons. The van der Waals surface area contributed by atoms with E-state index in [1.807, 2.05) is 26.0 Å². The molecule has 3 aromatic rings. The molecule has 0 bridgehead atoms. The summed E-state index contributed by atoms with van der Waals surface area (Å²) in [6, 6.07) is 13.6. The maximum absolute atomic E-state index is 12.5. The molecule has 2 aromatic carbocycles. The highest BCUT2D eigenvalue weighted by atomic mass is 35.5. The standard InChI is InChI=1S/C21H17ClN2O3S/c1-11-12(2)28-20-17(11)19(25)23-18(24-20)13-5-9-16(10-6-13)27-21(26)14-3-7-15(22)8-4-14/h3-10,18,24H,1-2H3,(H,23,25)/t18-/m1/s1. The summed E-state index contributed by atoms with van der Waals surface area (Å²) in [5.41, 5.74) is 3.01. The fourth-order valence-corrected chi connectivity index (χ4v) is 4.23. The van der Waals surface area contributed by atoms with E-state index in [0.717, 1.165) is 21.0 Å². The molecule has 0 saturated heterocycles. The van der Waals surface area contributed by atoms with Crippen molar-refractivity contribution < 1.29 is 14.3 Å². The molecular formula is C21H17ClN2O3S. The minimum absolute atomic E-state index is 0.0844. The molecule has 2 heterocycles. The van der Waals surface area contributed by atoms with Gasteiger partial charge in [0.05, 0.1) is 11.1 Å². The second-order valence-corrected chi connectivity index (χ2v) is 8.16. The van der Waals surface area contributed by atoms with Gasteiger partial charge < -0.3 is 15.4 Å². The fourth-order valence-electron chi connectivity index (χ4n) is 3.02. The van der Waals surface area contributed by atoms with E-state index in [4.69, 9.17) is 16.3 Å². The molecule has 0 spiro atoms. The van der Waals surface area contributed by atoms with E-state index in [9.17, 15) is 9.59 Å². The van der Waals surface area contributed by atoms with Crippen molar-refractivity contribution in [2.45, 2.75) is 20.0 Å². The maximum Gasteiger partial charge on any atom is 0.343 e. The molecule has 1 atom stereocenters. The van der Waals surface area contributed by atoms with Crippen LogP contribution in [0.1, 0.15) is 42.9 Å². The Morgan fingerprint density at radius 1 is 1.04 bits per heavy atom. The van der Waals surface area contributed by atoms with Crippen LogP contribution in [0, 0.1) is 13.8 Å². The van der Waals surface area contributed by atoms with Crippen LogP contribution < -0.4 is 15.4 Å². The molecule has 28 heavy (non-hydrogen) atoms. The molecule has 1 aliphatic heterocycles. The van der Waals surface area contributed by atoms with Crippen LogP contribution in [0.25, 0.3) is 0 Å². The third-order valence-electron chi connectivity index (χ3n) is 4.67. The molecule has 5 nitrogen and oxygen atoms in total. The molecule has 1 aliphatic rings. The minimum atomic E-state index is -0.456. The quantitative estimate of drug-likeness (QED) is 0.464. The molecular weight excluding hydrogens is 396 g/mol. The lowest BCUT2D eigenvalue weighted by Gasteiger charge is -2.26. The van der Waals surface area contributed by atoms with E-state index >= 15 is 0 Å². The van der Waals surface area contributed by atoms with Crippen LogP contribution in [0.2, 0.25) is 5.02 Å². The third kappa shape index (κ3) is 3.48. The second-order valence-electron chi connectivity index (χ2n) is 6.50. The van der Waals surface area contributed by atoms with Crippen LogP contribution in [-0.2, 0) is 0 Å². The smallest absolute Gasteiger partial charge is 0.343 e. The van der Waals surface area contributed by atoms with E-state index in [2.05, 4.69) is 10.6 Å². The first-order valence-corrected chi connectivity index (χ1v) is 9.87. The Labute approximate surface area is 171 Å². The molecule has 4 rings (SSSR count). The van der Waals surface area contributed by atoms with Gasteiger partial charge >= 0.3 is 5.97 Å². The van der Waals surface area contributed by atoms with Crippen LogP contribution >= 0.6 is 22.9 Å². The number of hydrogen-bond acceptors (Lipinski definition) is 5. The lowest BCUT2D eigenvalue weighted by atomic mass is 10.1. The summed E-state index contributed by atoms with van der Waals surface area (Å²) in [6.07, 6.45) is -0.335. The number of benzene rings is 2. The number of hydrogen-bond donors (Lipinski definition) is 2. The number of halogens is 1. The number of thiophene rings is 1. The number of fused-ring (bicyclic) bond motifs is 1. The number of amides is 1. The molecule has 1 aromatic heterocycles.